The number of hydrogen-bond acceptors (Lipinski definition) is 7. The summed E-state index contributed by atoms with van der Waals surface area (Å²) in [5.74, 6) is 0.367. The predicted molar refractivity (Wildman–Crippen MR) is 112 cm³/mol. The highest BCUT2D eigenvalue weighted by atomic mass is 32.2. The largest absolute Gasteiger partial charge is 0.348 e. The summed E-state index contributed by atoms with van der Waals surface area (Å²) in [5, 5.41) is 4.49. The maximum absolute atomic E-state index is 13.0. The summed E-state index contributed by atoms with van der Waals surface area (Å²) in [6, 6.07) is 5.71. The third-order valence-electron chi connectivity index (χ3n) is 4.54. The smallest absolute Gasteiger partial charge is 0.234 e. The average molecular weight is 418 g/mol. The van der Waals surface area contributed by atoms with Crippen molar-refractivity contribution in [2.24, 2.45) is 5.92 Å². The van der Waals surface area contributed by atoms with Crippen LogP contribution >= 0.6 is 23.1 Å². The molecule has 146 valence electrons. The number of amides is 1. The van der Waals surface area contributed by atoms with Crippen molar-refractivity contribution in [3.8, 4) is 0 Å². The van der Waals surface area contributed by atoms with E-state index in [1.54, 1.807) is 11.3 Å². The van der Waals surface area contributed by atoms with Gasteiger partial charge in [-0.3, -0.25) is 4.79 Å². The Morgan fingerprint density at radius 2 is 2.18 bits per heavy atom. The molecule has 3 heterocycles. The van der Waals surface area contributed by atoms with Crippen molar-refractivity contribution in [2.45, 2.75) is 24.8 Å². The number of anilines is 2. The fourth-order valence-electron chi connectivity index (χ4n) is 3.19. The average Bonchev–Trinajstić information content (AvgIpc) is 3.13. The molecule has 1 fully saturated rings. The Labute approximate surface area is 170 Å². The van der Waals surface area contributed by atoms with E-state index in [2.05, 4.69) is 32.1 Å². The Kier molecular flexibility index (Phi) is 5.72. The topological polar surface area (TPSA) is 71.0 Å². The van der Waals surface area contributed by atoms with Crippen LogP contribution in [0.3, 0.4) is 0 Å². The molecular formula is C19H20FN5OS2. The number of carbonyl (C=O) groups excluding carboxylic acids is 1. The van der Waals surface area contributed by atoms with Crippen molar-refractivity contribution in [2.75, 3.05) is 29.1 Å². The number of benzene rings is 1. The van der Waals surface area contributed by atoms with Gasteiger partial charge in [-0.25, -0.2) is 14.4 Å². The molecule has 3 aromatic rings. The van der Waals surface area contributed by atoms with Crippen molar-refractivity contribution in [3.63, 3.8) is 0 Å². The molecule has 1 N–H and O–H groups in total. The number of nitrogens with one attached hydrogen (secondary N) is 1. The number of thiazole rings is 1. The van der Waals surface area contributed by atoms with Gasteiger partial charge < -0.3 is 10.2 Å². The zero-order valence-electron chi connectivity index (χ0n) is 15.4. The summed E-state index contributed by atoms with van der Waals surface area (Å²) < 4.78 is 13.9. The molecule has 0 bridgehead atoms. The Morgan fingerprint density at radius 3 is 2.96 bits per heavy atom. The molecule has 1 aromatic carbocycles. The van der Waals surface area contributed by atoms with Crippen LogP contribution in [-0.4, -0.2) is 39.7 Å². The van der Waals surface area contributed by atoms with E-state index in [0.717, 1.165) is 27.9 Å². The molecule has 0 aliphatic carbocycles. The Balaban J connectivity index is 1.44. The zero-order chi connectivity index (χ0) is 19.5. The molecule has 4 rings (SSSR count). The van der Waals surface area contributed by atoms with Crippen molar-refractivity contribution >= 4 is 50.2 Å². The summed E-state index contributed by atoms with van der Waals surface area (Å²) in [6.45, 7) is 4.29. The van der Waals surface area contributed by atoms with Gasteiger partial charge in [0.25, 0.3) is 0 Å². The van der Waals surface area contributed by atoms with E-state index in [1.165, 1.54) is 55.2 Å². The molecule has 1 aliphatic rings. The first-order valence-corrected chi connectivity index (χ1v) is 10.9. The second kappa shape index (κ2) is 8.40. The molecule has 1 unspecified atom stereocenters. The minimum absolute atomic E-state index is 0.169. The van der Waals surface area contributed by atoms with Crippen LogP contribution in [0.4, 0.5) is 15.2 Å². The summed E-state index contributed by atoms with van der Waals surface area (Å²) in [4.78, 5) is 27.8. The van der Waals surface area contributed by atoms with Gasteiger partial charge in [0.1, 0.15) is 21.9 Å². The standard InChI is InChI=1S/C19H20FN5OS2/c1-12-3-2-8-25(9-12)19-24-17-16(28-19)18(22-11-21-17)27-10-15(26)23-14-6-4-13(20)5-7-14/h4-7,11-12H,2-3,8-10H2,1H3,(H,23,26). The van der Waals surface area contributed by atoms with E-state index in [4.69, 9.17) is 0 Å². The summed E-state index contributed by atoms with van der Waals surface area (Å²) in [5.41, 5.74) is 1.24. The van der Waals surface area contributed by atoms with E-state index in [0.29, 0.717) is 17.3 Å². The van der Waals surface area contributed by atoms with Crippen molar-refractivity contribution < 1.29 is 9.18 Å². The lowest BCUT2D eigenvalue weighted by molar-refractivity contribution is -0.113. The van der Waals surface area contributed by atoms with Gasteiger partial charge in [-0.15, -0.1) is 0 Å². The van der Waals surface area contributed by atoms with E-state index in [9.17, 15) is 9.18 Å². The number of aromatic nitrogens is 3. The maximum Gasteiger partial charge on any atom is 0.234 e. The van der Waals surface area contributed by atoms with Gasteiger partial charge in [-0.2, -0.15) is 4.98 Å². The van der Waals surface area contributed by atoms with Crippen LogP contribution in [-0.2, 0) is 4.79 Å². The van der Waals surface area contributed by atoms with E-state index in [-0.39, 0.29) is 17.5 Å². The third kappa shape index (κ3) is 4.41. The number of halogens is 1. The molecule has 0 saturated carbocycles. The van der Waals surface area contributed by atoms with Crippen molar-refractivity contribution in [1.29, 1.82) is 0 Å². The van der Waals surface area contributed by atoms with Crippen LogP contribution in [0, 0.1) is 11.7 Å². The molecule has 1 amide bonds. The minimum Gasteiger partial charge on any atom is -0.348 e. The molecule has 1 atom stereocenters. The fourth-order valence-corrected chi connectivity index (χ4v) is 5.11. The van der Waals surface area contributed by atoms with E-state index >= 15 is 0 Å². The Bertz CT molecular complexity index is 978. The molecule has 1 aliphatic heterocycles. The van der Waals surface area contributed by atoms with Crippen LogP contribution < -0.4 is 10.2 Å². The molecule has 6 nitrogen and oxygen atoms in total. The highest BCUT2D eigenvalue weighted by Crippen LogP contribution is 2.35. The van der Waals surface area contributed by atoms with Gasteiger partial charge in [0.05, 0.1) is 5.75 Å². The first-order valence-electron chi connectivity index (χ1n) is 9.13. The van der Waals surface area contributed by atoms with Gasteiger partial charge in [0.2, 0.25) is 5.91 Å². The van der Waals surface area contributed by atoms with E-state index < -0.39 is 0 Å². The summed E-state index contributed by atoms with van der Waals surface area (Å²) in [6.07, 6.45) is 3.92. The Hall–Kier alpha value is -2.26. The van der Waals surface area contributed by atoms with Gasteiger partial charge in [-0.05, 0) is 43.0 Å². The van der Waals surface area contributed by atoms with Crippen LogP contribution in [0.25, 0.3) is 10.3 Å². The number of rotatable bonds is 5. The van der Waals surface area contributed by atoms with Gasteiger partial charge in [-0.1, -0.05) is 30.0 Å². The lowest BCUT2D eigenvalue weighted by Crippen LogP contribution is -2.34. The number of hydrogen-bond donors (Lipinski definition) is 1. The lowest BCUT2D eigenvalue weighted by atomic mass is 10.0. The normalized spacial score (nSPS) is 17.1. The molecule has 2 aromatic heterocycles. The first-order chi connectivity index (χ1) is 13.6. The second-order valence-corrected chi connectivity index (χ2v) is 8.81. The number of piperidine rings is 1. The van der Waals surface area contributed by atoms with Crippen molar-refractivity contribution in [3.05, 3.63) is 36.4 Å². The number of thioether (sulfide) groups is 1. The first kappa shape index (κ1) is 19.1. The highest BCUT2D eigenvalue weighted by Gasteiger charge is 2.21. The van der Waals surface area contributed by atoms with Gasteiger partial charge >= 0.3 is 0 Å². The second-order valence-electron chi connectivity index (χ2n) is 6.87. The van der Waals surface area contributed by atoms with E-state index in [1.807, 2.05) is 0 Å². The van der Waals surface area contributed by atoms with Crippen LogP contribution in [0.1, 0.15) is 19.8 Å². The molecule has 0 radical (unpaired) electrons. The predicted octanol–water partition coefficient (Wildman–Crippen LogP) is 4.19. The third-order valence-corrected chi connectivity index (χ3v) is 6.77. The zero-order valence-corrected chi connectivity index (χ0v) is 17.0. The maximum atomic E-state index is 13.0. The van der Waals surface area contributed by atoms with Crippen LogP contribution in [0.2, 0.25) is 0 Å². The highest BCUT2D eigenvalue weighted by molar-refractivity contribution is 8.00. The number of nitrogens with zero attached hydrogens (tertiary/aromatic N) is 4. The molecular weight excluding hydrogens is 397 g/mol. The fraction of sp³-hybridized carbons (Fsp3) is 0.368. The van der Waals surface area contributed by atoms with Crippen molar-refractivity contribution in [1.82, 2.24) is 15.0 Å². The number of carbonyl (C=O) groups is 1. The monoisotopic (exact) mass is 417 g/mol. The molecule has 0 spiro atoms. The minimum atomic E-state index is -0.333. The number of fused-ring (bicyclic) bond motifs is 1. The molecule has 9 heteroatoms. The lowest BCUT2D eigenvalue weighted by Gasteiger charge is -2.30. The van der Waals surface area contributed by atoms with Gasteiger partial charge in [0.15, 0.2) is 10.8 Å². The summed E-state index contributed by atoms with van der Waals surface area (Å²) >= 11 is 2.94. The Morgan fingerprint density at radius 1 is 1.36 bits per heavy atom. The molecule has 1 saturated heterocycles. The SMILES string of the molecule is CC1CCCN(c2nc3ncnc(SCC(=O)Nc4ccc(F)cc4)c3s2)C1. The van der Waals surface area contributed by atoms with Gasteiger partial charge in [0, 0.05) is 18.8 Å². The summed E-state index contributed by atoms with van der Waals surface area (Å²) in [7, 11) is 0. The molecule has 28 heavy (non-hydrogen) atoms. The van der Waals surface area contributed by atoms with Crippen LogP contribution in [0.15, 0.2) is 35.6 Å². The quantitative estimate of drug-likeness (QED) is 0.496. The van der Waals surface area contributed by atoms with Crippen LogP contribution in [0.5, 0.6) is 0 Å².